The molecule has 1 fully saturated rings. The van der Waals surface area contributed by atoms with Gasteiger partial charge in [-0.25, -0.2) is 0 Å². The van der Waals surface area contributed by atoms with E-state index in [0.29, 0.717) is 11.5 Å². The van der Waals surface area contributed by atoms with Crippen LogP contribution in [0.4, 0.5) is 13.2 Å². The second kappa shape index (κ2) is 9.12. The molecule has 1 aliphatic rings. The average Bonchev–Trinajstić information content (AvgIpc) is 2.56. The van der Waals surface area contributed by atoms with Gasteiger partial charge >= 0.3 is 6.36 Å². The van der Waals surface area contributed by atoms with Crippen molar-refractivity contribution in [2.75, 3.05) is 27.3 Å². The van der Waals surface area contributed by atoms with Gasteiger partial charge < -0.3 is 20.1 Å². The van der Waals surface area contributed by atoms with E-state index >= 15 is 0 Å². The Balaban J connectivity index is 1.89. The monoisotopic (exact) mass is 373 g/mol. The lowest BCUT2D eigenvalue weighted by Gasteiger charge is -2.42. The maximum absolute atomic E-state index is 12.5. The Bertz CT molecular complexity index is 602. The summed E-state index contributed by atoms with van der Waals surface area (Å²) >= 11 is 0. The van der Waals surface area contributed by atoms with Crippen molar-refractivity contribution in [2.24, 2.45) is 10.4 Å². The predicted molar refractivity (Wildman–Crippen MR) is 94.1 cm³/mol. The minimum absolute atomic E-state index is 0.178. The molecule has 0 heterocycles. The maximum Gasteiger partial charge on any atom is 0.573 e. The number of hydrogen-bond donors (Lipinski definition) is 2. The molecule has 0 saturated heterocycles. The van der Waals surface area contributed by atoms with Crippen molar-refractivity contribution < 1.29 is 22.6 Å². The molecule has 26 heavy (non-hydrogen) atoms. The molecule has 5 nitrogen and oxygen atoms in total. The Morgan fingerprint density at radius 1 is 1.23 bits per heavy atom. The van der Waals surface area contributed by atoms with Gasteiger partial charge in [-0.15, -0.1) is 13.2 Å². The van der Waals surface area contributed by atoms with Crippen LogP contribution in [0.3, 0.4) is 0 Å². The highest BCUT2D eigenvalue weighted by Gasteiger charge is 2.36. The van der Waals surface area contributed by atoms with Gasteiger partial charge in [-0.05, 0) is 30.7 Å². The highest BCUT2D eigenvalue weighted by atomic mass is 19.4. The molecular formula is C18H26F3N3O2. The molecule has 1 saturated carbocycles. The van der Waals surface area contributed by atoms with E-state index in [1.807, 2.05) is 0 Å². The van der Waals surface area contributed by atoms with Gasteiger partial charge in [-0.1, -0.05) is 24.6 Å². The molecule has 1 aliphatic carbocycles. The number of alkyl halides is 3. The van der Waals surface area contributed by atoms with Crippen LogP contribution in [0.25, 0.3) is 0 Å². The van der Waals surface area contributed by atoms with E-state index in [4.69, 9.17) is 4.74 Å². The zero-order chi connectivity index (χ0) is 19.0. The van der Waals surface area contributed by atoms with Crippen LogP contribution in [0.15, 0.2) is 29.3 Å². The molecule has 2 rings (SSSR count). The lowest BCUT2D eigenvalue weighted by Crippen LogP contribution is -2.46. The van der Waals surface area contributed by atoms with E-state index in [9.17, 15) is 13.2 Å². The van der Waals surface area contributed by atoms with Crippen molar-refractivity contribution in [3.63, 3.8) is 0 Å². The Morgan fingerprint density at radius 3 is 2.54 bits per heavy atom. The smallest absolute Gasteiger partial charge is 0.405 e. The summed E-state index contributed by atoms with van der Waals surface area (Å²) < 4.78 is 46.7. The third-order valence-electron chi connectivity index (χ3n) is 4.75. The van der Waals surface area contributed by atoms with Crippen LogP contribution >= 0.6 is 0 Å². The molecule has 0 spiro atoms. The molecular weight excluding hydrogens is 347 g/mol. The lowest BCUT2D eigenvalue weighted by atomic mass is 9.67. The lowest BCUT2D eigenvalue weighted by molar-refractivity contribution is -0.274. The van der Waals surface area contributed by atoms with Crippen molar-refractivity contribution in [3.8, 4) is 5.75 Å². The van der Waals surface area contributed by atoms with Gasteiger partial charge in [0.25, 0.3) is 0 Å². The number of nitrogens with zero attached hydrogens (tertiary/aromatic N) is 1. The van der Waals surface area contributed by atoms with Gasteiger partial charge in [0.05, 0.1) is 0 Å². The molecule has 1 aromatic carbocycles. The third-order valence-corrected chi connectivity index (χ3v) is 4.75. The summed E-state index contributed by atoms with van der Waals surface area (Å²) in [6.45, 7) is 1.66. The quantitative estimate of drug-likeness (QED) is 0.541. The van der Waals surface area contributed by atoms with Crippen molar-refractivity contribution in [2.45, 2.75) is 38.6 Å². The first-order chi connectivity index (χ1) is 12.4. The standard InChI is InChI=1S/C18H26F3N3O2/c1-22-16(24-13-17(8-5-9-17)10-11-25-2)23-12-14-6-3-4-7-15(14)26-18(19,20)21/h3-4,6-7H,5,8-13H2,1-2H3,(H2,22,23,24). The summed E-state index contributed by atoms with van der Waals surface area (Å²) in [4.78, 5) is 4.15. The number of nitrogens with one attached hydrogen (secondary N) is 2. The molecule has 1 aromatic rings. The van der Waals surface area contributed by atoms with E-state index in [1.54, 1.807) is 26.3 Å². The number of aliphatic imine (C=N–C) groups is 1. The molecule has 0 bridgehead atoms. The molecule has 8 heteroatoms. The number of hydrogen-bond acceptors (Lipinski definition) is 3. The second-order valence-corrected chi connectivity index (χ2v) is 6.53. The number of halogens is 3. The minimum Gasteiger partial charge on any atom is -0.405 e. The van der Waals surface area contributed by atoms with Gasteiger partial charge in [0, 0.05) is 39.4 Å². The topological polar surface area (TPSA) is 54.9 Å². The molecule has 2 N–H and O–H groups in total. The Kier molecular flexibility index (Phi) is 7.14. The Labute approximate surface area is 152 Å². The van der Waals surface area contributed by atoms with Gasteiger partial charge in [0.15, 0.2) is 5.96 Å². The largest absolute Gasteiger partial charge is 0.573 e. The highest BCUT2D eigenvalue weighted by molar-refractivity contribution is 5.79. The summed E-state index contributed by atoms with van der Waals surface area (Å²) in [7, 11) is 3.33. The SMILES string of the molecule is CN=C(NCc1ccccc1OC(F)(F)F)NCC1(CCOC)CCC1. The minimum atomic E-state index is -4.71. The van der Waals surface area contributed by atoms with Gasteiger partial charge in [-0.3, -0.25) is 4.99 Å². The first-order valence-electron chi connectivity index (χ1n) is 8.65. The van der Waals surface area contributed by atoms with Crippen molar-refractivity contribution >= 4 is 5.96 Å². The first-order valence-corrected chi connectivity index (χ1v) is 8.65. The van der Waals surface area contributed by atoms with Crippen molar-refractivity contribution in [1.82, 2.24) is 10.6 Å². The van der Waals surface area contributed by atoms with Gasteiger partial charge in [0.1, 0.15) is 5.75 Å². The second-order valence-electron chi connectivity index (χ2n) is 6.53. The van der Waals surface area contributed by atoms with E-state index in [0.717, 1.165) is 32.4 Å². The number of rotatable bonds is 8. The maximum atomic E-state index is 12.5. The van der Waals surface area contributed by atoms with Gasteiger partial charge in [-0.2, -0.15) is 0 Å². The zero-order valence-electron chi connectivity index (χ0n) is 15.2. The van der Waals surface area contributed by atoms with E-state index in [1.165, 1.54) is 18.6 Å². The van der Waals surface area contributed by atoms with Crippen LogP contribution in [0.5, 0.6) is 5.75 Å². The third kappa shape index (κ3) is 6.09. The predicted octanol–water partition coefficient (Wildman–Crippen LogP) is 3.46. The van der Waals surface area contributed by atoms with E-state index in [-0.39, 0.29) is 17.7 Å². The highest BCUT2D eigenvalue weighted by Crippen LogP contribution is 2.43. The van der Waals surface area contributed by atoms with E-state index in [2.05, 4.69) is 20.4 Å². The number of ether oxygens (including phenoxy) is 2. The average molecular weight is 373 g/mol. The Hall–Kier alpha value is -1.96. The summed E-state index contributed by atoms with van der Waals surface area (Å²) in [5.41, 5.74) is 0.621. The van der Waals surface area contributed by atoms with Crippen LogP contribution < -0.4 is 15.4 Å². The Morgan fingerprint density at radius 2 is 1.96 bits per heavy atom. The fraction of sp³-hybridized carbons (Fsp3) is 0.611. The van der Waals surface area contributed by atoms with Crippen LogP contribution in [0.1, 0.15) is 31.2 Å². The fourth-order valence-electron chi connectivity index (χ4n) is 3.06. The molecule has 0 unspecified atom stereocenters. The summed E-state index contributed by atoms with van der Waals surface area (Å²) in [5.74, 6) is 0.342. The van der Waals surface area contributed by atoms with Crippen LogP contribution in [-0.2, 0) is 11.3 Å². The number of methoxy groups -OCH3 is 1. The summed E-state index contributed by atoms with van der Waals surface area (Å²) in [5, 5.41) is 6.33. The number of para-hydroxylation sites is 1. The molecule has 0 aromatic heterocycles. The molecule has 0 amide bonds. The summed E-state index contributed by atoms with van der Waals surface area (Å²) in [6.07, 6.45) is -0.242. The van der Waals surface area contributed by atoms with Gasteiger partial charge in [0.2, 0.25) is 0 Å². The van der Waals surface area contributed by atoms with Crippen molar-refractivity contribution in [3.05, 3.63) is 29.8 Å². The molecule has 0 aliphatic heterocycles. The zero-order valence-corrected chi connectivity index (χ0v) is 15.2. The molecule has 0 radical (unpaired) electrons. The van der Waals surface area contributed by atoms with Crippen molar-refractivity contribution in [1.29, 1.82) is 0 Å². The normalized spacial score (nSPS) is 16.7. The molecule has 146 valence electrons. The van der Waals surface area contributed by atoms with Crippen LogP contribution in [-0.4, -0.2) is 39.6 Å². The first kappa shape index (κ1) is 20.4. The fourth-order valence-corrected chi connectivity index (χ4v) is 3.06. The number of guanidine groups is 1. The summed E-state index contributed by atoms with van der Waals surface area (Å²) in [6, 6.07) is 6.07. The number of benzene rings is 1. The van der Waals surface area contributed by atoms with E-state index < -0.39 is 6.36 Å². The van der Waals surface area contributed by atoms with Crippen LogP contribution in [0.2, 0.25) is 0 Å². The van der Waals surface area contributed by atoms with Crippen LogP contribution in [0, 0.1) is 5.41 Å². The molecule has 0 atom stereocenters.